The van der Waals surface area contributed by atoms with Crippen molar-refractivity contribution < 1.29 is 0 Å². The molecule has 0 aromatic carbocycles. The van der Waals surface area contributed by atoms with E-state index in [0.29, 0.717) is 0 Å². The predicted molar refractivity (Wildman–Crippen MR) is 101 cm³/mol. The Morgan fingerprint density at radius 3 is 1.52 bits per heavy atom. The van der Waals surface area contributed by atoms with Gasteiger partial charge in [-0.15, -0.1) is 12.4 Å². The summed E-state index contributed by atoms with van der Waals surface area (Å²) < 4.78 is 0. The highest BCUT2D eigenvalue weighted by atomic mass is 35.5. The molecular formula is C19H40ClN. The first-order valence-corrected chi connectivity index (χ1v) is 9.21. The Bertz CT molecular complexity index is 192. The van der Waals surface area contributed by atoms with E-state index in [0.717, 1.165) is 0 Å². The second kappa shape index (κ2) is 22.3. The summed E-state index contributed by atoms with van der Waals surface area (Å²) in [4.78, 5) is 0. The van der Waals surface area contributed by atoms with Crippen LogP contribution in [0.5, 0.6) is 0 Å². The third-order valence-electron chi connectivity index (χ3n) is 3.94. The zero-order valence-electron chi connectivity index (χ0n) is 14.7. The molecule has 0 radical (unpaired) electrons. The van der Waals surface area contributed by atoms with Gasteiger partial charge in [-0.25, -0.2) is 0 Å². The molecule has 0 spiro atoms. The summed E-state index contributed by atoms with van der Waals surface area (Å²) in [5, 5.41) is 3.21. The lowest BCUT2D eigenvalue weighted by Crippen LogP contribution is -2.06. The van der Waals surface area contributed by atoms with Gasteiger partial charge in [-0.05, 0) is 45.7 Å². The molecule has 0 unspecified atom stereocenters. The summed E-state index contributed by atoms with van der Waals surface area (Å²) in [5.41, 5.74) is 0. The molecule has 0 saturated heterocycles. The van der Waals surface area contributed by atoms with E-state index in [9.17, 15) is 0 Å². The molecule has 128 valence electrons. The van der Waals surface area contributed by atoms with Crippen molar-refractivity contribution in [3.8, 4) is 0 Å². The van der Waals surface area contributed by atoms with E-state index in [1.807, 2.05) is 7.05 Å². The first-order chi connectivity index (χ1) is 9.91. The standard InChI is InChI=1S/C19H39N.ClH/c1-3-4-5-6-7-8-9-10-11-12-13-14-15-16-17-18-19-20-2;/h10-11,20H,3-9,12-19H2,1-2H3;1H. The Morgan fingerprint density at radius 2 is 1.05 bits per heavy atom. The van der Waals surface area contributed by atoms with Crippen molar-refractivity contribution in [2.45, 2.75) is 96.8 Å². The lowest BCUT2D eigenvalue weighted by atomic mass is 10.1. The summed E-state index contributed by atoms with van der Waals surface area (Å²) in [7, 11) is 2.04. The third kappa shape index (κ3) is 22.4. The summed E-state index contributed by atoms with van der Waals surface area (Å²) in [5.74, 6) is 0. The van der Waals surface area contributed by atoms with Gasteiger partial charge in [0.1, 0.15) is 0 Å². The number of hydrogen-bond donors (Lipinski definition) is 1. The van der Waals surface area contributed by atoms with E-state index in [2.05, 4.69) is 24.4 Å². The van der Waals surface area contributed by atoms with Gasteiger partial charge >= 0.3 is 0 Å². The molecule has 1 N–H and O–H groups in total. The van der Waals surface area contributed by atoms with Gasteiger partial charge in [-0.3, -0.25) is 0 Å². The minimum absolute atomic E-state index is 0. The van der Waals surface area contributed by atoms with Gasteiger partial charge in [0.2, 0.25) is 0 Å². The van der Waals surface area contributed by atoms with Gasteiger partial charge in [-0.2, -0.15) is 0 Å². The Kier molecular flexibility index (Phi) is 24.7. The maximum Gasteiger partial charge on any atom is -0.00519 e. The van der Waals surface area contributed by atoms with Crippen molar-refractivity contribution in [1.29, 1.82) is 0 Å². The highest BCUT2D eigenvalue weighted by molar-refractivity contribution is 5.85. The van der Waals surface area contributed by atoms with Crippen LogP contribution in [0, 0.1) is 0 Å². The Hall–Kier alpha value is -0.0100. The van der Waals surface area contributed by atoms with E-state index in [1.165, 1.54) is 96.4 Å². The Balaban J connectivity index is 0. The van der Waals surface area contributed by atoms with E-state index in [1.54, 1.807) is 0 Å². The molecule has 1 nitrogen and oxygen atoms in total. The summed E-state index contributed by atoms with van der Waals surface area (Å²) in [6.45, 7) is 3.46. The number of halogens is 1. The fourth-order valence-electron chi connectivity index (χ4n) is 2.55. The van der Waals surface area contributed by atoms with Gasteiger partial charge in [0.15, 0.2) is 0 Å². The molecule has 0 aliphatic carbocycles. The van der Waals surface area contributed by atoms with E-state index >= 15 is 0 Å². The van der Waals surface area contributed by atoms with Crippen LogP contribution < -0.4 is 5.32 Å². The zero-order valence-corrected chi connectivity index (χ0v) is 15.5. The molecule has 21 heavy (non-hydrogen) atoms. The van der Waals surface area contributed by atoms with E-state index in [-0.39, 0.29) is 12.4 Å². The Labute approximate surface area is 140 Å². The summed E-state index contributed by atoms with van der Waals surface area (Å²) >= 11 is 0. The van der Waals surface area contributed by atoms with E-state index < -0.39 is 0 Å². The smallest absolute Gasteiger partial charge is 0.00519 e. The molecule has 0 heterocycles. The van der Waals surface area contributed by atoms with Crippen LogP contribution in [-0.2, 0) is 0 Å². The minimum Gasteiger partial charge on any atom is -0.320 e. The van der Waals surface area contributed by atoms with Crippen molar-refractivity contribution >= 4 is 12.4 Å². The molecule has 0 aliphatic rings. The zero-order chi connectivity index (χ0) is 14.7. The van der Waals surface area contributed by atoms with Crippen molar-refractivity contribution in [3.05, 3.63) is 12.2 Å². The first-order valence-electron chi connectivity index (χ1n) is 9.21. The van der Waals surface area contributed by atoms with Crippen LogP contribution in [0.4, 0.5) is 0 Å². The molecule has 0 aromatic heterocycles. The number of rotatable bonds is 16. The number of nitrogens with one attached hydrogen (secondary N) is 1. The van der Waals surface area contributed by atoms with Crippen molar-refractivity contribution in [2.75, 3.05) is 13.6 Å². The largest absolute Gasteiger partial charge is 0.320 e. The first kappa shape index (κ1) is 23.3. The van der Waals surface area contributed by atoms with Crippen LogP contribution in [0.1, 0.15) is 96.8 Å². The minimum atomic E-state index is 0. The van der Waals surface area contributed by atoms with Crippen LogP contribution in [0.15, 0.2) is 12.2 Å². The monoisotopic (exact) mass is 317 g/mol. The second-order valence-corrected chi connectivity index (χ2v) is 6.04. The molecular weight excluding hydrogens is 278 g/mol. The molecule has 0 bridgehead atoms. The van der Waals surface area contributed by atoms with Crippen LogP contribution in [0.2, 0.25) is 0 Å². The number of hydrogen-bond acceptors (Lipinski definition) is 1. The predicted octanol–water partition coefficient (Wildman–Crippen LogP) is 6.67. The van der Waals surface area contributed by atoms with Gasteiger partial charge in [0, 0.05) is 0 Å². The normalized spacial score (nSPS) is 11.0. The third-order valence-corrected chi connectivity index (χ3v) is 3.94. The van der Waals surface area contributed by atoms with Crippen molar-refractivity contribution in [1.82, 2.24) is 5.32 Å². The molecule has 0 fully saturated rings. The van der Waals surface area contributed by atoms with Crippen molar-refractivity contribution in [3.63, 3.8) is 0 Å². The van der Waals surface area contributed by atoms with Gasteiger partial charge < -0.3 is 5.32 Å². The van der Waals surface area contributed by atoms with Gasteiger partial charge in [0.25, 0.3) is 0 Å². The van der Waals surface area contributed by atoms with Gasteiger partial charge in [0.05, 0.1) is 0 Å². The maximum atomic E-state index is 3.21. The maximum absolute atomic E-state index is 3.21. The fraction of sp³-hybridized carbons (Fsp3) is 0.895. The molecule has 0 aromatic rings. The highest BCUT2D eigenvalue weighted by Gasteiger charge is 1.90. The molecule has 0 amide bonds. The fourth-order valence-corrected chi connectivity index (χ4v) is 2.55. The molecule has 0 atom stereocenters. The van der Waals surface area contributed by atoms with E-state index in [4.69, 9.17) is 0 Å². The average molecular weight is 318 g/mol. The SMILES string of the molecule is CCCCCCCCC=CCCCCCCCCNC.Cl. The average Bonchev–Trinajstić information content (AvgIpc) is 2.47. The molecule has 0 saturated carbocycles. The lowest BCUT2D eigenvalue weighted by Gasteiger charge is -2.00. The molecule has 0 rings (SSSR count). The summed E-state index contributed by atoms with van der Waals surface area (Å²) in [6.07, 6.45) is 24.3. The van der Waals surface area contributed by atoms with Gasteiger partial charge in [-0.1, -0.05) is 76.9 Å². The van der Waals surface area contributed by atoms with Crippen molar-refractivity contribution in [2.24, 2.45) is 0 Å². The topological polar surface area (TPSA) is 12.0 Å². The lowest BCUT2D eigenvalue weighted by molar-refractivity contribution is 0.583. The number of unbranched alkanes of at least 4 members (excludes halogenated alkanes) is 12. The van der Waals surface area contributed by atoms with Crippen LogP contribution in [-0.4, -0.2) is 13.6 Å². The molecule has 0 aliphatic heterocycles. The Morgan fingerprint density at radius 1 is 0.619 bits per heavy atom. The molecule has 2 heteroatoms. The summed E-state index contributed by atoms with van der Waals surface area (Å²) in [6, 6.07) is 0. The number of allylic oxidation sites excluding steroid dienone is 2. The second-order valence-electron chi connectivity index (χ2n) is 6.04. The highest BCUT2D eigenvalue weighted by Crippen LogP contribution is 2.09. The van der Waals surface area contributed by atoms with Crippen LogP contribution >= 0.6 is 12.4 Å². The van der Waals surface area contributed by atoms with Crippen LogP contribution in [0.3, 0.4) is 0 Å². The quantitative estimate of drug-likeness (QED) is 0.248. The van der Waals surface area contributed by atoms with Crippen LogP contribution in [0.25, 0.3) is 0 Å².